The Morgan fingerprint density at radius 2 is 0.709 bits per heavy atom. The fourth-order valence-electron chi connectivity index (χ4n) is 12.1. The minimum Gasteiger partial charge on any atom is -0.384 e. The fourth-order valence-corrected chi connectivity index (χ4v) is 16.0. The monoisotopic (exact) mass is 1420 g/mol. The Hall–Kier alpha value is -12.7. The zero-order valence-corrected chi connectivity index (χ0v) is 58.9. The van der Waals surface area contributed by atoms with Gasteiger partial charge >= 0.3 is 0 Å². The van der Waals surface area contributed by atoms with Crippen molar-refractivity contribution in [2.75, 3.05) is 5.73 Å². The van der Waals surface area contributed by atoms with E-state index in [9.17, 15) is 0 Å². The van der Waals surface area contributed by atoms with E-state index in [0.717, 1.165) is 69.1 Å². The van der Waals surface area contributed by atoms with Gasteiger partial charge in [0, 0.05) is 59.5 Å². The predicted molar refractivity (Wildman–Crippen MR) is 414 cm³/mol. The molecule has 4 N–H and O–H groups in total. The molecule has 0 unspecified atom stereocenters. The summed E-state index contributed by atoms with van der Waals surface area (Å²) in [6.07, 6.45) is 5.22. The number of benzene rings is 8. The lowest BCUT2D eigenvalue weighted by Gasteiger charge is -2.01. The van der Waals surface area contributed by atoms with Gasteiger partial charge in [-0.1, -0.05) is 203 Å². The van der Waals surface area contributed by atoms with E-state index >= 15 is 0 Å². The molecule has 0 aliphatic carbocycles. The number of aromatic nitrogens is 12. The largest absolute Gasteiger partial charge is 0.384 e. The molecule has 0 saturated carbocycles. The highest BCUT2D eigenvalue weighted by molar-refractivity contribution is 7.16. The van der Waals surface area contributed by atoms with E-state index in [1.807, 2.05) is 121 Å². The molecule has 19 rings (SSSR count). The lowest BCUT2D eigenvalue weighted by Crippen LogP contribution is -1.90. The Morgan fingerprint density at radius 3 is 1.18 bits per heavy atom. The first-order valence-electron chi connectivity index (χ1n) is 32.8. The van der Waals surface area contributed by atoms with Crippen molar-refractivity contribution < 1.29 is 18.1 Å². The van der Waals surface area contributed by atoms with E-state index in [-0.39, 0.29) is 0 Å². The molecule has 0 fully saturated rings. The number of hydrogen-bond acceptors (Lipinski definition) is 19. The van der Waals surface area contributed by atoms with Gasteiger partial charge in [0.05, 0.1) is 42.4 Å². The van der Waals surface area contributed by atoms with Crippen LogP contribution in [0.3, 0.4) is 0 Å². The van der Waals surface area contributed by atoms with Crippen LogP contribution < -0.4 is 5.73 Å². The lowest BCUT2D eigenvalue weighted by atomic mass is 10.0. The quantitative estimate of drug-likeness (QED) is 0.103. The van der Waals surface area contributed by atoms with Crippen molar-refractivity contribution in [3.05, 3.63) is 281 Å². The van der Waals surface area contributed by atoms with Gasteiger partial charge < -0.3 is 33.8 Å². The standard InChI is InChI=1S/C23H16N2OS.C21H15N3OS.C20H14N4OS.C18H14N4OS/c1-15-20(17-8-3-2-4-9-17)14-21(27-15)23-24-22(25-26-23)19-13-7-11-16-10-5-6-12-18(16)19;1-13-17(14-6-3-2-4-7-14)12-19(26-13)21-23-20(24-25-21)16-8-5-9-18-15(16)10-11-22-18;1-12-15(13-6-3-2-4-7-13)10-17(26-12)20-23-19(24-25-20)14-8-5-9-16-18(14)22-11-21-16;1-11-14(12-5-3-2-4-6-12)10-15(24-11)18-21-17(22-23-18)13-7-8-20-16(19)9-13/h2-14H,1H3;2-12,22H,1H3;2-11H,1H3,(H,21,22);2-10H,1H3,(H2,19,20). The van der Waals surface area contributed by atoms with Crippen LogP contribution in [0, 0.1) is 27.7 Å². The van der Waals surface area contributed by atoms with Gasteiger partial charge in [0.25, 0.3) is 23.6 Å². The number of para-hydroxylation sites is 1. The van der Waals surface area contributed by atoms with Crippen LogP contribution in [-0.2, 0) is 0 Å². The Morgan fingerprint density at radius 1 is 0.320 bits per heavy atom. The second-order valence-electron chi connectivity index (χ2n) is 23.8. The first-order valence-corrected chi connectivity index (χ1v) is 36.0. The van der Waals surface area contributed by atoms with Crippen LogP contribution in [0.1, 0.15) is 19.5 Å². The summed E-state index contributed by atoms with van der Waals surface area (Å²) in [5, 5.41) is 20.1. The average Bonchev–Trinajstić information content (AvgIpc) is 1.66. The smallest absolute Gasteiger partial charge is 0.268 e. The molecule has 0 saturated heterocycles. The second kappa shape index (κ2) is 28.9. The molecular formula is C82H59N13O4S4. The molecule has 0 bridgehead atoms. The molecule has 0 atom stereocenters. The summed E-state index contributed by atoms with van der Waals surface area (Å²) in [5.41, 5.74) is 21.7. The number of hydrogen-bond donors (Lipinski definition) is 3. The number of H-pyrrole nitrogens is 2. The van der Waals surface area contributed by atoms with Gasteiger partial charge in [-0.2, -0.15) is 19.9 Å². The Kier molecular flexibility index (Phi) is 18.2. The number of anilines is 1. The summed E-state index contributed by atoms with van der Waals surface area (Å²) >= 11 is 6.65. The molecule has 103 heavy (non-hydrogen) atoms. The van der Waals surface area contributed by atoms with Gasteiger partial charge in [-0.25, -0.2) is 9.97 Å². The van der Waals surface area contributed by atoms with Crippen LogP contribution in [0.15, 0.2) is 279 Å². The van der Waals surface area contributed by atoms with Crippen LogP contribution in [-0.4, -0.2) is 60.5 Å². The van der Waals surface area contributed by atoms with E-state index in [2.05, 4.69) is 203 Å². The highest BCUT2D eigenvalue weighted by Crippen LogP contribution is 2.42. The molecule has 0 spiro atoms. The third-order valence-corrected chi connectivity index (χ3v) is 21.3. The maximum absolute atomic E-state index is 5.71. The van der Waals surface area contributed by atoms with E-state index in [1.54, 1.807) is 70.0 Å². The van der Waals surface area contributed by atoms with Gasteiger partial charge in [-0.3, -0.25) is 0 Å². The second-order valence-corrected chi connectivity index (χ2v) is 28.8. The summed E-state index contributed by atoms with van der Waals surface area (Å²) in [4.78, 5) is 41.9. The third-order valence-electron chi connectivity index (χ3n) is 17.2. The Labute approximate surface area is 605 Å². The third kappa shape index (κ3) is 13.8. The van der Waals surface area contributed by atoms with Crippen LogP contribution in [0.5, 0.6) is 0 Å². The van der Waals surface area contributed by atoms with Crippen molar-refractivity contribution in [1.82, 2.24) is 60.5 Å². The minimum absolute atomic E-state index is 0.428. The molecule has 8 aromatic carbocycles. The zero-order valence-electron chi connectivity index (χ0n) is 55.6. The lowest BCUT2D eigenvalue weighted by molar-refractivity contribution is 0.433. The molecule has 0 amide bonds. The van der Waals surface area contributed by atoms with Gasteiger partial charge in [-0.15, -0.1) is 45.3 Å². The number of pyridine rings is 1. The molecule has 500 valence electrons. The normalized spacial score (nSPS) is 11.1. The summed E-state index contributed by atoms with van der Waals surface area (Å²) in [6.45, 7) is 8.45. The predicted octanol–water partition coefficient (Wildman–Crippen LogP) is 22.3. The molecule has 11 aromatic heterocycles. The van der Waals surface area contributed by atoms with Crippen LogP contribution >= 0.6 is 45.3 Å². The number of fused-ring (bicyclic) bond motifs is 3. The van der Waals surface area contributed by atoms with E-state index in [1.165, 1.54) is 69.4 Å². The van der Waals surface area contributed by atoms with Gasteiger partial charge in [-0.05, 0) is 144 Å². The van der Waals surface area contributed by atoms with Crippen LogP contribution in [0.2, 0.25) is 0 Å². The minimum atomic E-state index is 0.428. The molecule has 0 radical (unpaired) electrons. The van der Waals surface area contributed by atoms with Crippen molar-refractivity contribution in [3.8, 4) is 133 Å². The zero-order chi connectivity index (χ0) is 69.8. The molecular weight excluding hydrogens is 1360 g/mol. The summed E-state index contributed by atoms with van der Waals surface area (Å²) in [6, 6.07) is 81.7. The number of nitrogens with two attached hydrogens (primary N) is 1. The maximum Gasteiger partial charge on any atom is 0.268 e. The molecule has 21 heteroatoms. The number of rotatable bonds is 12. The number of nitrogens with zero attached hydrogens (tertiary/aromatic N) is 10. The van der Waals surface area contributed by atoms with E-state index in [0.29, 0.717) is 52.7 Å². The van der Waals surface area contributed by atoms with Crippen molar-refractivity contribution in [1.29, 1.82) is 0 Å². The molecule has 19 aromatic rings. The van der Waals surface area contributed by atoms with Crippen molar-refractivity contribution in [3.63, 3.8) is 0 Å². The number of aromatic amines is 2. The number of aryl methyl sites for hydroxylation is 4. The van der Waals surface area contributed by atoms with Crippen LogP contribution in [0.4, 0.5) is 5.82 Å². The van der Waals surface area contributed by atoms with Gasteiger partial charge in [0.1, 0.15) is 5.82 Å². The molecule has 0 aliphatic rings. The van der Waals surface area contributed by atoms with Crippen molar-refractivity contribution in [2.45, 2.75) is 27.7 Å². The maximum atomic E-state index is 5.71. The number of imidazole rings is 1. The number of nitrogens with one attached hydrogen (secondary N) is 2. The highest BCUT2D eigenvalue weighted by Gasteiger charge is 2.22. The Bertz CT molecular complexity index is 5920. The van der Waals surface area contributed by atoms with Gasteiger partial charge in [0.2, 0.25) is 23.3 Å². The first-order chi connectivity index (χ1) is 50.6. The number of thiophene rings is 4. The fraction of sp³-hybridized carbons (Fsp3) is 0.0488. The van der Waals surface area contributed by atoms with E-state index < -0.39 is 0 Å². The van der Waals surface area contributed by atoms with E-state index in [4.69, 9.17) is 23.8 Å². The molecule has 11 heterocycles. The Balaban J connectivity index is 0.000000106. The molecule has 17 nitrogen and oxygen atoms in total. The SMILES string of the molecule is Cc1sc(-c2nc(-c3cccc4[nH]ccc34)no2)cc1-c1ccccc1.Cc1sc(-c2nc(-c3cccc4[nH]cnc34)no2)cc1-c1ccccc1.Cc1sc(-c2nc(-c3cccc4ccccc34)no2)cc1-c1ccccc1.Cc1sc(-c2nc(-c3ccnc(N)c3)no2)cc1-c1ccccc1. The molecule has 0 aliphatic heterocycles. The van der Waals surface area contributed by atoms with Crippen LogP contribution in [0.25, 0.3) is 166 Å². The first kappa shape index (κ1) is 65.0. The summed E-state index contributed by atoms with van der Waals surface area (Å²) in [5.74, 6) is 4.87. The number of nitrogen functional groups attached to an aromatic ring is 1. The van der Waals surface area contributed by atoms with Gasteiger partial charge in [0.15, 0.2) is 0 Å². The average molecular weight is 1420 g/mol. The van der Waals surface area contributed by atoms with Crippen molar-refractivity contribution >= 4 is 83.9 Å². The highest BCUT2D eigenvalue weighted by atomic mass is 32.1. The summed E-state index contributed by atoms with van der Waals surface area (Å²) < 4.78 is 22.2. The topological polar surface area (TPSA) is 239 Å². The summed E-state index contributed by atoms with van der Waals surface area (Å²) in [7, 11) is 0. The van der Waals surface area contributed by atoms with Crippen molar-refractivity contribution in [2.24, 2.45) is 0 Å².